The molecule has 3 rings (SSSR count). The van der Waals surface area contributed by atoms with Crippen molar-refractivity contribution < 1.29 is 22.7 Å². The largest absolute Gasteiger partial charge is 0.490 e. The molecule has 0 aromatic heterocycles. The van der Waals surface area contributed by atoms with E-state index < -0.39 is 22.5 Å². The molecule has 0 saturated heterocycles. The molecule has 10 heteroatoms. The van der Waals surface area contributed by atoms with Gasteiger partial charge in [-0.25, -0.2) is 13.8 Å². The molecule has 196 valence electrons. The predicted octanol–water partition coefficient (Wildman–Crippen LogP) is 4.80. The lowest BCUT2D eigenvalue weighted by Gasteiger charge is -2.23. The minimum Gasteiger partial charge on any atom is -0.490 e. The van der Waals surface area contributed by atoms with Crippen LogP contribution in [0.15, 0.2) is 71.8 Å². The molecule has 0 aliphatic heterocycles. The summed E-state index contributed by atoms with van der Waals surface area (Å²) in [4.78, 5) is 12.5. The second-order valence-corrected chi connectivity index (χ2v) is 10.4. The van der Waals surface area contributed by atoms with E-state index in [9.17, 15) is 13.2 Å². The van der Waals surface area contributed by atoms with E-state index in [1.54, 1.807) is 42.5 Å². The minimum absolute atomic E-state index is 0.346. The van der Waals surface area contributed by atoms with E-state index in [-0.39, 0.29) is 0 Å². The number of nitrogens with one attached hydrogen (secondary N) is 1. The zero-order chi connectivity index (χ0) is 26.8. The van der Waals surface area contributed by atoms with Gasteiger partial charge in [-0.3, -0.25) is 9.10 Å². The van der Waals surface area contributed by atoms with Gasteiger partial charge < -0.3 is 9.47 Å². The number of sulfonamides is 1. The average molecular weight is 544 g/mol. The number of aryl methyl sites for hydroxylation is 1. The molecule has 37 heavy (non-hydrogen) atoms. The maximum atomic E-state index is 12.5. The Morgan fingerprint density at radius 3 is 2.43 bits per heavy atom. The number of hydrogen-bond donors (Lipinski definition) is 1. The molecule has 1 amide bonds. The number of amides is 1. The van der Waals surface area contributed by atoms with Crippen LogP contribution in [0.1, 0.15) is 30.5 Å². The highest BCUT2D eigenvalue weighted by molar-refractivity contribution is 7.92. The average Bonchev–Trinajstić information content (AvgIpc) is 2.87. The summed E-state index contributed by atoms with van der Waals surface area (Å²) in [7, 11) is -3.68. The lowest BCUT2D eigenvalue weighted by molar-refractivity contribution is -0.119. The maximum Gasteiger partial charge on any atom is 0.260 e. The van der Waals surface area contributed by atoms with Crippen molar-refractivity contribution in [1.29, 1.82) is 0 Å². The summed E-state index contributed by atoms with van der Waals surface area (Å²) < 4.78 is 37.5. The van der Waals surface area contributed by atoms with Gasteiger partial charge in [0.2, 0.25) is 10.0 Å². The lowest BCUT2D eigenvalue weighted by Crippen LogP contribution is -2.39. The van der Waals surface area contributed by atoms with E-state index in [4.69, 9.17) is 21.1 Å². The van der Waals surface area contributed by atoms with Gasteiger partial charge in [0, 0.05) is 5.02 Å². The summed E-state index contributed by atoms with van der Waals surface area (Å²) in [5.41, 5.74) is 5.33. The fourth-order valence-electron chi connectivity index (χ4n) is 3.51. The highest BCUT2D eigenvalue weighted by atomic mass is 35.5. The first-order valence-corrected chi connectivity index (χ1v) is 14.0. The van der Waals surface area contributed by atoms with Crippen LogP contribution < -0.4 is 19.2 Å². The second kappa shape index (κ2) is 13.1. The van der Waals surface area contributed by atoms with E-state index in [0.29, 0.717) is 47.4 Å². The molecule has 0 saturated carbocycles. The van der Waals surface area contributed by atoms with E-state index in [1.165, 1.54) is 6.21 Å². The number of hydrazone groups is 1. The van der Waals surface area contributed by atoms with Gasteiger partial charge in [0.15, 0.2) is 11.5 Å². The molecule has 3 aromatic rings. The summed E-state index contributed by atoms with van der Waals surface area (Å²) in [5, 5.41) is 4.65. The smallest absolute Gasteiger partial charge is 0.260 e. The van der Waals surface area contributed by atoms with Crippen LogP contribution >= 0.6 is 11.6 Å². The number of carbonyl (C=O) groups is 1. The van der Waals surface area contributed by atoms with Crippen molar-refractivity contribution in [2.75, 3.05) is 23.7 Å². The molecule has 0 bridgehead atoms. The molecule has 0 heterocycles. The topological polar surface area (TPSA) is 97.3 Å². The number of carbonyl (C=O) groups excluding carboxylic acids is 1. The Kier molecular flexibility index (Phi) is 9.93. The summed E-state index contributed by atoms with van der Waals surface area (Å²) in [6, 6.07) is 19.7. The van der Waals surface area contributed by atoms with Crippen molar-refractivity contribution in [2.24, 2.45) is 5.10 Å². The van der Waals surface area contributed by atoms with Gasteiger partial charge in [0.25, 0.3) is 5.91 Å². The third-order valence-corrected chi connectivity index (χ3v) is 6.69. The number of halogens is 1. The van der Waals surface area contributed by atoms with Crippen molar-refractivity contribution >= 4 is 39.4 Å². The highest BCUT2D eigenvalue weighted by Crippen LogP contribution is 2.29. The standard InChI is InChI=1S/C27H30ClN3O5S/c1-4-22-8-6-7-9-24(22)31(37(3,33)34)18-27(32)30-29-17-21-12-15-25(26(16-21)35-5-2)36-19-20-10-13-23(28)14-11-20/h6-17H,4-5,18-19H2,1-3H3,(H,30,32)/b29-17-. The van der Waals surface area contributed by atoms with Gasteiger partial charge in [-0.15, -0.1) is 0 Å². The highest BCUT2D eigenvalue weighted by Gasteiger charge is 2.22. The Morgan fingerprint density at radius 2 is 1.76 bits per heavy atom. The van der Waals surface area contributed by atoms with Crippen LogP contribution in [0.25, 0.3) is 0 Å². The third kappa shape index (κ3) is 8.23. The molecule has 3 aromatic carbocycles. The number of hydrogen-bond acceptors (Lipinski definition) is 6. The van der Waals surface area contributed by atoms with Crippen LogP contribution in [0.4, 0.5) is 5.69 Å². The maximum absolute atomic E-state index is 12.5. The Morgan fingerprint density at radius 1 is 1.03 bits per heavy atom. The number of ether oxygens (including phenoxy) is 2. The van der Waals surface area contributed by atoms with Crippen molar-refractivity contribution in [2.45, 2.75) is 26.9 Å². The lowest BCUT2D eigenvalue weighted by atomic mass is 10.1. The van der Waals surface area contributed by atoms with Crippen molar-refractivity contribution in [1.82, 2.24) is 5.43 Å². The number of nitrogens with zero attached hydrogens (tertiary/aromatic N) is 2. The Balaban J connectivity index is 1.67. The van der Waals surface area contributed by atoms with Crippen molar-refractivity contribution in [3.63, 3.8) is 0 Å². The van der Waals surface area contributed by atoms with E-state index in [0.717, 1.165) is 21.7 Å². The minimum atomic E-state index is -3.68. The monoisotopic (exact) mass is 543 g/mol. The Labute approximate surface area is 222 Å². The normalized spacial score (nSPS) is 11.4. The summed E-state index contributed by atoms with van der Waals surface area (Å²) in [6.07, 6.45) is 3.15. The van der Waals surface area contributed by atoms with Gasteiger partial charge in [0.05, 0.1) is 24.8 Å². The zero-order valence-electron chi connectivity index (χ0n) is 21.0. The van der Waals surface area contributed by atoms with Crippen molar-refractivity contribution in [3.8, 4) is 11.5 Å². The van der Waals surface area contributed by atoms with Crippen molar-refractivity contribution in [3.05, 3.63) is 88.4 Å². The van der Waals surface area contributed by atoms with Gasteiger partial charge in [0.1, 0.15) is 13.2 Å². The fraction of sp³-hybridized carbons (Fsp3) is 0.259. The summed E-state index contributed by atoms with van der Waals surface area (Å²) in [6.45, 7) is 4.19. The Bertz CT molecular complexity index is 1340. The van der Waals surface area contributed by atoms with E-state index >= 15 is 0 Å². The number of anilines is 1. The van der Waals surface area contributed by atoms with Crippen LogP contribution in [-0.4, -0.2) is 39.9 Å². The summed E-state index contributed by atoms with van der Waals surface area (Å²) >= 11 is 5.93. The molecule has 0 aliphatic carbocycles. The first-order chi connectivity index (χ1) is 17.7. The first-order valence-electron chi connectivity index (χ1n) is 11.7. The molecule has 0 spiro atoms. The Hall–Kier alpha value is -3.56. The molecule has 1 N–H and O–H groups in total. The zero-order valence-corrected chi connectivity index (χ0v) is 22.6. The van der Waals surface area contributed by atoms with E-state index in [1.807, 2.05) is 38.1 Å². The molecule has 0 radical (unpaired) electrons. The van der Waals surface area contributed by atoms with Crippen LogP contribution in [0.5, 0.6) is 11.5 Å². The number of para-hydroxylation sites is 1. The second-order valence-electron chi connectivity index (χ2n) is 8.10. The van der Waals surface area contributed by atoms with Gasteiger partial charge in [-0.2, -0.15) is 5.10 Å². The van der Waals surface area contributed by atoms with Gasteiger partial charge >= 0.3 is 0 Å². The molecule has 0 fully saturated rings. The van der Waals surface area contributed by atoms with Gasteiger partial charge in [-0.05, 0) is 66.4 Å². The number of benzene rings is 3. The van der Waals surface area contributed by atoms with Gasteiger partial charge in [-0.1, -0.05) is 48.9 Å². The first kappa shape index (κ1) is 28.0. The van der Waals surface area contributed by atoms with Crippen LogP contribution in [0.2, 0.25) is 5.02 Å². The fourth-order valence-corrected chi connectivity index (χ4v) is 4.53. The molecule has 8 nitrogen and oxygen atoms in total. The van der Waals surface area contributed by atoms with E-state index in [2.05, 4.69) is 10.5 Å². The molecule has 0 aliphatic rings. The third-order valence-electron chi connectivity index (χ3n) is 5.31. The predicted molar refractivity (Wildman–Crippen MR) is 147 cm³/mol. The van der Waals surface area contributed by atoms with Crippen LogP contribution in [0, 0.1) is 0 Å². The molecule has 0 unspecified atom stereocenters. The molecular formula is C27H30ClN3O5S. The molecule has 0 atom stereocenters. The van der Waals surface area contributed by atoms with Crippen LogP contribution in [-0.2, 0) is 27.8 Å². The quantitative estimate of drug-likeness (QED) is 0.261. The SMILES string of the molecule is CCOc1cc(/C=N\NC(=O)CN(c2ccccc2CC)S(C)(=O)=O)ccc1OCc1ccc(Cl)cc1. The molecular weight excluding hydrogens is 514 g/mol. The number of rotatable bonds is 12. The summed E-state index contributed by atoms with van der Waals surface area (Å²) in [5.74, 6) is 0.531. The van der Waals surface area contributed by atoms with Crippen LogP contribution in [0.3, 0.4) is 0 Å².